The lowest BCUT2D eigenvalue weighted by Gasteiger charge is -2.17. The van der Waals surface area contributed by atoms with Gasteiger partial charge in [0, 0.05) is 5.56 Å². The van der Waals surface area contributed by atoms with Gasteiger partial charge in [-0.1, -0.05) is 0 Å². The quantitative estimate of drug-likeness (QED) is 0.670. The van der Waals surface area contributed by atoms with Gasteiger partial charge < -0.3 is 5.11 Å². The van der Waals surface area contributed by atoms with Gasteiger partial charge in [0.05, 0.1) is 16.7 Å². The molecule has 9 heteroatoms. The van der Waals surface area contributed by atoms with Crippen LogP contribution in [0.4, 0.5) is 26.3 Å². The topological polar surface area (TPSA) is 54.4 Å². The number of aromatic carboxylic acids is 1. The van der Waals surface area contributed by atoms with Crippen molar-refractivity contribution in [2.45, 2.75) is 12.4 Å². The van der Waals surface area contributed by atoms with Crippen LogP contribution < -0.4 is 0 Å². The zero-order valence-corrected chi connectivity index (χ0v) is 8.76. The molecule has 0 heterocycles. The van der Waals surface area contributed by atoms with Gasteiger partial charge in [-0.3, -0.25) is 4.79 Å². The fraction of sp³-hybridized carbons (Fsp3) is 0.200. The summed E-state index contributed by atoms with van der Waals surface area (Å²) < 4.78 is 75.2. The number of carbonyl (C=O) groups is 2. The Balaban J connectivity index is 3.78. The molecule has 0 atom stereocenters. The number of alkyl halides is 6. The number of aldehydes is 1. The first-order valence-electron chi connectivity index (χ1n) is 4.49. The largest absolute Gasteiger partial charge is 0.478 e. The third-order valence-electron chi connectivity index (χ3n) is 2.13. The Bertz CT molecular complexity index is 529. The molecule has 19 heavy (non-hydrogen) atoms. The molecule has 0 saturated carbocycles. The average Bonchev–Trinajstić information content (AvgIpc) is 2.24. The van der Waals surface area contributed by atoms with E-state index in [4.69, 9.17) is 5.11 Å². The van der Waals surface area contributed by atoms with E-state index in [1.54, 1.807) is 0 Å². The minimum atomic E-state index is -5.44. The van der Waals surface area contributed by atoms with Crippen molar-refractivity contribution >= 4 is 12.3 Å². The highest BCUT2D eigenvalue weighted by molar-refractivity contribution is 5.91. The lowest BCUT2D eigenvalue weighted by molar-refractivity contribution is -0.162. The number of carboxylic acid groups (broad SMARTS) is 1. The normalized spacial score (nSPS) is 12.3. The van der Waals surface area contributed by atoms with E-state index in [1.165, 1.54) is 0 Å². The van der Waals surface area contributed by atoms with E-state index >= 15 is 0 Å². The minimum Gasteiger partial charge on any atom is -0.478 e. The van der Waals surface area contributed by atoms with Crippen LogP contribution in [0.2, 0.25) is 0 Å². The molecule has 0 amide bonds. The van der Waals surface area contributed by atoms with E-state index in [9.17, 15) is 35.9 Å². The zero-order chi connectivity index (χ0) is 15.0. The Morgan fingerprint density at radius 3 is 1.89 bits per heavy atom. The zero-order valence-electron chi connectivity index (χ0n) is 8.76. The minimum absolute atomic E-state index is 0.155. The maximum Gasteiger partial charge on any atom is 0.417 e. The Kier molecular flexibility index (Phi) is 3.60. The van der Waals surface area contributed by atoms with E-state index in [1.807, 2.05) is 0 Å². The first-order valence-corrected chi connectivity index (χ1v) is 4.49. The van der Waals surface area contributed by atoms with E-state index in [2.05, 4.69) is 0 Å². The summed E-state index contributed by atoms with van der Waals surface area (Å²) >= 11 is 0. The molecule has 0 spiro atoms. The van der Waals surface area contributed by atoms with Crippen LogP contribution in [0.3, 0.4) is 0 Å². The molecule has 0 aliphatic rings. The number of benzene rings is 1. The maximum absolute atomic E-state index is 12.6. The number of hydrogen-bond acceptors (Lipinski definition) is 2. The molecule has 1 rings (SSSR count). The van der Waals surface area contributed by atoms with Crippen LogP contribution in [0, 0.1) is 0 Å². The predicted octanol–water partition coefficient (Wildman–Crippen LogP) is 3.23. The molecule has 0 bridgehead atoms. The Hall–Kier alpha value is -2.06. The summed E-state index contributed by atoms with van der Waals surface area (Å²) in [6, 6.07) is 0.0888. The van der Waals surface area contributed by atoms with E-state index in [0.29, 0.717) is 0 Å². The number of carbonyl (C=O) groups excluding carboxylic acids is 1. The summed E-state index contributed by atoms with van der Waals surface area (Å²) in [6.07, 6.45) is -11.3. The molecule has 0 aromatic heterocycles. The van der Waals surface area contributed by atoms with Gasteiger partial charge in [-0.05, 0) is 12.1 Å². The third-order valence-corrected chi connectivity index (χ3v) is 2.13. The second kappa shape index (κ2) is 4.56. The molecular formula is C10H4F6O3. The smallest absolute Gasteiger partial charge is 0.417 e. The molecule has 0 radical (unpaired) electrons. The summed E-state index contributed by atoms with van der Waals surface area (Å²) in [6.45, 7) is 0. The number of halogens is 6. The summed E-state index contributed by atoms with van der Waals surface area (Å²) in [5.41, 5.74) is -6.83. The molecule has 0 saturated heterocycles. The maximum atomic E-state index is 12.6. The van der Waals surface area contributed by atoms with Gasteiger partial charge in [0.25, 0.3) is 0 Å². The molecule has 1 aromatic carbocycles. The van der Waals surface area contributed by atoms with Gasteiger partial charge in [0.2, 0.25) is 0 Å². The summed E-state index contributed by atoms with van der Waals surface area (Å²) in [7, 11) is 0. The van der Waals surface area contributed by atoms with E-state index in [0.717, 1.165) is 0 Å². The molecular weight excluding hydrogens is 282 g/mol. The summed E-state index contributed by atoms with van der Waals surface area (Å²) in [5.74, 6) is -1.87. The summed E-state index contributed by atoms with van der Waals surface area (Å²) in [4.78, 5) is 21.0. The van der Waals surface area contributed by atoms with Gasteiger partial charge >= 0.3 is 18.3 Å². The van der Waals surface area contributed by atoms with Crippen LogP contribution in [0.25, 0.3) is 0 Å². The lowest BCUT2D eigenvalue weighted by atomic mass is 9.97. The molecule has 1 aromatic rings. The second-order valence-corrected chi connectivity index (χ2v) is 3.41. The molecule has 0 aliphatic heterocycles. The first kappa shape index (κ1) is 15.0. The van der Waals surface area contributed by atoms with Crippen molar-refractivity contribution in [3.8, 4) is 0 Å². The van der Waals surface area contributed by atoms with Gasteiger partial charge in [-0.15, -0.1) is 0 Å². The van der Waals surface area contributed by atoms with Crippen molar-refractivity contribution in [2.75, 3.05) is 0 Å². The fourth-order valence-electron chi connectivity index (χ4n) is 1.42. The second-order valence-electron chi connectivity index (χ2n) is 3.41. The highest BCUT2D eigenvalue weighted by Crippen LogP contribution is 2.42. The predicted molar refractivity (Wildman–Crippen MR) is 48.8 cm³/mol. The monoisotopic (exact) mass is 286 g/mol. The molecule has 0 aliphatic carbocycles. The number of carboxylic acids is 1. The van der Waals surface area contributed by atoms with Crippen LogP contribution in [-0.2, 0) is 12.4 Å². The van der Waals surface area contributed by atoms with Crippen molar-refractivity contribution in [2.24, 2.45) is 0 Å². The lowest BCUT2D eigenvalue weighted by Crippen LogP contribution is -2.20. The van der Waals surface area contributed by atoms with E-state index < -0.39 is 46.9 Å². The summed E-state index contributed by atoms with van der Waals surface area (Å²) in [5, 5.41) is 8.52. The molecule has 3 nitrogen and oxygen atoms in total. The van der Waals surface area contributed by atoms with Crippen LogP contribution in [-0.4, -0.2) is 17.4 Å². The van der Waals surface area contributed by atoms with Gasteiger partial charge in [0.1, 0.15) is 0 Å². The van der Waals surface area contributed by atoms with Gasteiger partial charge in [-0.25, -0.2) is 4.79 Å². The van der Waals surface area contributed by atoms with E-state index in [-0.39, 0.29) is 12.1 Å². The molecule has 104 valence electrons. The van der Waals surface area contributed by atoms with Crippen molar-refractivity contribution in [1.29, 1.82) is 0 Å². The average molecular weight is 286 g/mol. The van der Waals surface area contributed by atoms with Crippen LogP contribution in [0.5, 0.6) is 0 Å². The van der Waals surface area contributed by atoms with Crippen LogP contribution >= 0.6 is 0 Å². The van der Waals surface area contributed by atoms with Gasteiger partial charge in [0.15, 0.2) is 6.29 Å². The van der Waals surface area contributed by atoms with Crippen molar-refractivity contribution in [1.82, 2.24) is 0 Å². The Labute approximate surface area is 101 Å². The number of hydrogen-bond donors (Lipinski definition) is 1. The highest BCUT2D eigenvalue weighted by atomic mass is 19.4. The molecule has 1 N–H and O–H groups in total. The Morgan fingerprint density at radius 2 is 1.58 bits per heavy atom. The molecule has 0 unspecified atom stereocenters. The SMILES string of the molecule is O=Cc1cc(C(=O)O)cc(C(F)(F)F)c1C(F)(F)F. The van der Waals surface area contributed by atoms with Crippen LogP contribution in [0.1, 0.15) is 31.8 Å². The highest BCUT2D eigenvalue weighted by Gasteiger charge is 2.45. The van der Waals surface area contributed by atoms with Crippen molar-refractivity contribution in [3.63, 3.8) is 0 Å². The standard InChI is InChI=1S/C10H4F6O3/c11-9(12,13)6-2-4(8(18)19)1-5(3-17)7(6)10(14,15)16/h1-3H,(H,18,19). The van der Waals surface area contributed by atoms with Crippen LogP contribution in [0.15, 0.2) is 12.1 Å². The Morgan fingerprint density at radius 1 is 1.05 bits per heavy atom. The number of rotatable bonds is 2. The first-order chi connectivity index (χ1) is 8.48. The molecule has 0 fully saturated rings. The van der Waals surface area contributed by atoms with Crippen molar-refractivity contribution < 1.29 is 41.0 Å². The van der Waals surface area contributed by atoms with Gasteiger partial charge in [-0.2, -0.15) is 26.3 Å². The van der Waals surface area contributed by atoms with Crippen molar-refractivity contribution in [3.05, 3.63) is 34.4 Å². The fourth-order valence-corrected chi connectivity index (χ4v) is 1.42. The third kappa shape index (κ3) is 3.04.